The molecule has 0 atom stereocenters. The van der Waals surface area contributed by atoms with E-state index in [-0.39, 0.29) is 16.7 Å². The Morgan fingerprint density at radius 2 is 1.41 bits per heavy atom. The highest BCUT2D eigenvalue weighted by molar-refractivity contribution is 6.46. The largest absolute Gasteiger partial charge is 0.493 e. The molecule has 1 aliphatic rings. The molecule has 0 saturated heterocycles. The van der Waals surface area contributed by atoms with E-state index in [9.17, 15) is 9.59 Å². The topological polar surface area (TPSA) is 67.9 Å². The number of hydrogen-bond acceptors (Lipinski definition) is 5. The van der Waals surface area contributed by atoms with Crippen LogP contribution in [0.1, 0.15) is 31.9 Å². The summed E-state index contributed by atoms with van der Waals surface area (Å²) in [5, 5.41) is 3.21. The molecule has 1 aliphatic heterocycles. The van der Waals surface area contributed by atoms with Crippen molar-refractivity contribution in [2.45, 2.75) is 26.2 Å². The highest BCUT2D eigenvalue weighted by atomic mass is 16.5. The molecule has 0 fully saturated rings. The van der Waals surface area contributed by atoms with Gasteiger partial charge in [0.2, 0.25) is 0 Å². The molecule has 0 unspecified atom stereocenters. The number of amides is 2. The molecule has 3 aromatic carbocycles. The molecule has 4 rings (SSSR count). The van der Waals surface area contributed by atoms with Gasteiger partial charge >= 0.3 is 0 Å². The van der Waals surface area contributed by atoms with Gasteiger partial charge in [0.05, 0.1) is 25.5 Å². The van der Waals surface area contributed by atoms with Gasteiger partial charge in [0, 0.05) is 5.69 Å². The van der Waals surface area contributed by atoms with Crippen LogP contribution in [0.3, 0.4) is 0 Å². The van der Waals surface area contributed by atoms with Gasteiger partial charge in [-0.05, 0) is 52.9 Å². The molecule has 1 heterocycles. The van der Waals surface area contributed by atoms with E-state index in [2.05, 4.69) is 26.1 Å². The van der Waals surface area contributed by atoms with Gasteiger partial charge in [0.25, 0.3) is 11.8 Å². The van der Waals surface area contributed by atoms with Crippen LogP contribution < -0.4 is 19.7 Å². The molecule has 0 radical (unpaired) electrons. The third-order valence-electron chi connectivity index (χ3n) is 5.79. The molecule has 174 valence electrons. The summed E-state index contributed by atoms with van der Waals surface area (Å²) in [5.41, 5.74) is 3.45. The average Bonchev–Trinajstić information content (AvgIpc) is 3.08. The van der Waals surface area contributed by atoms with Crippen LogP contribution >= 0.6 is 0 Å². The Bertz CT molecular complexity index is 1260. The first kappa shape index (κ1) is 23.1. The summed E-state index contributed by atoms with van der Waals surface area (Å²) < 4.78 is 10.8. The minimum absolute atomic E-state index is 0.00581. The minimum Gasteiger partial charge on any atom is -0.493 e. The smallest absolute Gasteiger partial charge is 0.282 e. The molecular formula is C28H28N2O4. The van der Waals surface area contributed by atoms with Crippen molar-refractivity contribution in [1.29, 1.82) is 0 Å². The maximum Gasteiger partial charge on any atom is 0.282 e. The number of anilines is 2. The first-order chi connectivity index (χ1) is 16.2. The average molecular weight is 457 g/mol. The summed E-state index contributed by atoms with van der Waals surface area (Å²) >= 11 is 0. The fourth-order valence-corrected chi connectivity index (χ4v) is 3.91. The molecule has 0 spiro atoms. The van der Waals surface area contributed by atoms with Gasteiger partial charge in [0.15, 0.2) is 11.5 Å². The van der Waals surface area contributed by atoms with Gasteiger partial charge in [-0.15, -0.1) is 0 Å². The number of rotatable bonds is 6. The molecular weight excluding hydrogens is 428 g/mol. The lowest BCUT2D eigenvalue weighted by atomic mass is 9.87. The Labute approximate surface area is 199 Å². The number of nitrogens with zero attached hydrogens (tertiary/aromatic N) is 1. The maximum absolute atomic E-state index is 13.6. The number of carbonyl (C=O) groups is 2. The lowest BCUT2D eigenvalue weighted by molar-refractivity contribution is -0.120. The highest BCUT2D eigenvalue weighted by Gasteiger charge is 2.40. The van der Waals surface area contributed by atoms with E-state index >= 15 is 0 Å². The van der Waals surface area contributed by atoms with Crippen molar-refractivity contribution < 1.29 is 19.1 Å². The van der Waals surface area contributed by atoms with Gasteiger partial charge < -0.3 is 14.8 Å². The Balaban J connectivity index is 1.81. The Kier molecular flexibility index (Phi) is 6.16. The van der Waals surface area contributed by atoms with Gasteiger partial charge in [-0.2, -0.15) is 0 Å². The number of para-hydroxylation sites is 1. The van der Waals surface area contributed by atoms with E-state index < -0.39 is 11.8 Å². The molecule has 6 nitrogen and oxygen atoms in total. The van der Waals surface area contributed by atoms with E-state index in [1.807, 2.05) is 30.3 Å². The van der Waals surface area contributed by atoms with Crippen LogP contribution in [0.5, 0.6) is 11.5 Å². The van der Waals surface area contributed by atoms with Crippen molar-refractivity contribution in [2.24, 2.45) is 0 Å². The van der Waals surface area contributed by atoms with Gasteiger partial charge in [0.1, 0.15) is 5.70 Å². The van der Waals surface area contributed by atoms with Crippen molar-refractivity contribution in [3.63, 3.8) is 0 Å². The van der Waals surface area contributed by atoms with Crippen molar-refractivity contribution in [3.8, 4) is 11.5 Å². The molecule has 3 aromatic rings. The standard InChI is InChI=1S/C28H28N2O4/c1-28(2,3)19-12-14-20(15-13-19)29-25-24(18-11-16-22(33-4)23(17-18)34-5)26(31)30(27(25)32)21-9-7-6-8-10-21/h6-17,29H,1-5H3. The minimum atomic E-state index is -0.416. The Morgan fingerprint density at radius 3 is 2.00 bits per heavy atom. The molecule has 2 amide bonds. The first-order valence-electron chi connectivity index (χ1n) is 11.0. The molecule has 0 bridgehead atoms. The highest BCUT2D eigenvalue weighted by Crippen LogP contribution is 2.37. The second-order valence-corrected chi connectivity index (χ2v) is 9.05. The van der Waals surface area contributed by atoms with Gasteiger partial charge in [-0.1, -0.05) is 57.2 Å². The quantitative estimate of drug-likeness (QED) is 0.503. The number of ether oxygens (including phenoxy) is 2. The van der Waals surface area contributed by atoms with Crippen molar-refractivity contribution >= 4 is 28.8 Å². The van der Waals surface area contributed by atoms with Crippen molar-refractivity contribution in [1.82, 2.24) is 0 Å². The third-order valence-corrected chi connectivity index (χ3v) is 5.79. The van der Waals surface area contributed by atoms with Crippen LogP contribution in [-0.2, 0) is 15.0 Å². The summed E-state index contributed by atoms with van der Waals surface area (Å²) in [6, 6.07) is 22.0. The van der Waals surface area contributed by atoms with Crippen LogP contribution in [-0.4, -0.2) is 26.0 Å². The molecule has 0 saturated carbocycles. The summed E-state index contributed by atoms with van der Waals surface area (Å²) in [4.78, 5) is 28.3. The number of carbonyl (C=O) groups excluding carboxylic acids is 2. The third kappa shape index (κ3) is 4.27. The molecule has 6 heteroatoms. The zero-order valence-corrected chi connectivity index (χ0v) is 20.0. The summed E-state index contributed by atoms with van der Waals surface area (Å²) in [6.45, 7) is 6.43. The van der Waals surface area contributed by atoms with Crippen LogP contribution in [0.4, 0.5) is 11.4 Å². The van der Waals surface area contributed by atoms with Gasteiger partial charge in [-0.25, -0.2) is 4.90 Å². The molecule has 34 heavy (non-hydrogen) atoms. The molecule has 1 N–H and O–H groups in total. The maximum atomic E-state index is 13.6. The fraction of sp³-hybridized carbons (Fsp3) is 0.214. The first-order valence-corrected chi connectivity index (χ1v) is 11.0. The number of nitrogens with one attached hydrogen (secondary N) is 1. The predicted molar refractivity (Wildman–Crippen MR) is 134 cm³/mol. The number of methoxy groups -OCH3 is 2. The van der Waals surface area contributed by atoms with E-state index in [0.29, 0.717) is 22.7 Å². The van der Waals surface area contributed by atoms with Crippen LogP contribution in [0.25, 0.3) is 5.57 Å². The van der Waals surface area contributed by atoms with Crippen molar-refractivity contribution in [3.05, 3.63) is 89.6 Å². The predicted octanol–water partition coefficient (Wildman–Crippen LogP) is 5.40. The van der Waals surface area contributed by atoms with Crippen LogP contribution in [0.2, 0.25) is 0 Å². The lowest BCUT2D eigenvalue weighted by Crippen LogP contribution is -2.32. The number of imide groups is 1. The van der Waals surface area contributed by atoms with E-state index in [1.54, 1.807) is 49.6 Å². The summed E-state index contributed by atoms with van der Waals surface area (Å²) in [5.74, 6) is 0.189. The Hall–Kier alpha value is -4.06. The van der Waals surface area contributed by atoms with E-state index in [4.69, 9.17) is 9.47 Å². The van der Waals surface area contributed by atoms with Crippen molar-refractivity contribution in [2.75, 3.05) is 24.4 Å². The van der Waals surface area contributed by atoms with Crippen LogP contribution in [0.15, 0.2) is 78.5 Å². The lowest BCUT2D eigenvalue weighted by Gasteiger charge is -2.19. The fourth-order valence-electron chi connectivity index (χ4n) is 3.91. The summed E-state index contributed by atoms with van der Waals surface area (Å²) in [6.07, 6.45) is 0. The monoisotopic (exact) mass is 456 g/mol. The molecule has 0 aromatic heterocycles. The summed E-state index contributed by atoms with van der Waals surface area (Å²) in [7, 11) is 3.08. The molecule has 0 aliphatic carbocycles. The zero-order chi connectivity index (χ0) is 24.5. The SMILES string of the molecule is COc1ccc(C2=C(Nc3ccc(C(C)(C)C)cc3)C(=O)N(c3ccccc3)C2=O)cc1OC. The van der Waals surface area contributed by atoms with E-state index in [1.165, 1.54) is 17.6 Å². The second kappa shape index (κ2) is 9.06. The van der Waals surface area contributed by atoms with Crippen LogP contribution in [0, 0.1) is 0 Å². The number of benzene rings is 3. The number of hydrogen-bond donors (Lipinski definition) is 1. The normalized spacial score (nSPS) is 14.0. The van der Waals surface area contributed by atoms with Gasteiger partial charge in [-0.3, -0.25) is 9.59 Å². The second-order valence-electron chi connectivity index (χ2n) is 9.05. The Morgan fingerprint density at radius 1 is 0.765 bits per heavy atom. The zero-order valence-electron chi connectivity index (χ0n) is 20.0. The van der Waals surface area contributed by atoms with E-state index in [0.717, 1.165) is 5.69 Å².